The third kappa shape index (κ3) is 3.08. The van der Waals surface area contributed by atoms with E-state index in [1.54, 1.807) is 0 Å². The molecule has 0 saturated heterocycles. The van der Waals surface area contributed by atoms with Crippen molar-refractivity contribution in [2.24, 2.45) is 0 Å². The lowest BCUT2D eigenvalue weighted by atomic mass is 10.5. The molecule has 2 nitrogen and oxygen atoms in total. The van der Waals surface area contributed by atoms with E-state index < -0.39 is 0 Å². The van der Waals surface area contributed by atoms with Crippen LogP contribution in [0.1, 0.15) is 0 Å². The van der Waals surface area contributed by atoms with E-state index in [2.05, 4.69) is 0 Å². The van der Waals surface area contributed by atoms with Crippen molar-refractivity contribution in [1.82, 2.24) is 0 Å². The first kappa shape index (κ1) is 5.08. The average Bonchev–Trinajstić information content (AvgIpc) is 1.61. The molecule has 0 aliphatic heterocycles. The first-order valence-electron chi connectivity index (χ1n) is 1.41. The van der Waals surface area contributed by atoms with Crippen molar-refractivity contribution in [3.8, 4) is 0 Å². The van der Waals surface area contributed by atoms with Crippen LogP contribution in [0.4, 0.5) is 0 Å². The molecule has 0 saturated carbocycles. The van der Waals surface area contributed by atoms with E-state index in [-0.39, 0.29) is 0 Å². The van der Waals surface area contributed by atoms with Crippen LogP contribution < -0.4 is 0 Å². The molecule has 0 heterocycles. The summed E-state index contributed by atoms with van der Waals surface area (Å²) in [7, 11) is 0. The Hall–Kier alpha value is -0.920. The van der Waals surface area contributed by atoms with E-state index in [1.165, 1.54) is 12.2 Å². The first-order valence-corrected chi connectivity index (χ1v) is 1.41. The Kier molecular flexibility index (Phi) is 3.45. The summed E-state index contributed by atoms with van der Waals surface area (Å²) in [5.41, 5.74) is 0. The van der Waals surface area contributed by atoms with Crippen molar-refractivity contribution in [3.05, 3.63) is 12.2 Å². The molecule has 0 unspecified atom stereocenters. The fourth-order valence-electron chi connectivity index (χ4n) is 0.0833. The molecule has 2 N–H and O–H groups in total. The van der Waals surface area contributed by atoms with Crippen LogP contribution in [-0.2, 0) is 0 Å². The fourth-order valence-corrected chi connectivity index (χ4v) is 0.0833. The van der Waals surface area contributed by atoms with Crippen LogP contribution in [0.25, 0.3) is 0 Å². The van der Waals surface area contributed by atoms with E-state index in [0.29, 0.717) is 0 Å². The zero-order valence-corrected chi connectivity index (χ0v) is 3.15. The predicted octanol–water partition coefficient (Wildman–Crippen LogP) is 0.596. The number of hydrogen-bond acceptors (Lipinski definition) is 2. The van der Waals surface area contributed by atoms with Gasteiger partial charge in [0.25, 0.3) is 0 Å². The zero-order valence-electron chi connectivity index (χ0n) is 3.15. The lowest BCUT2D eigenvalue weighted by molar-refractivity contribution is 1.57. The topological polar surface area (TPSA) is 47.7 Å². The maximum Gasteiger partial charge on any atom is 0.0790 e. The Bertz CT molecular complexity index is 63.6. The second-order valence-electron chi connectivity index (χ2n) is 0.622. The van der Waals surface area contributed by atoms with Crippen molar-refractivity contribution < 1.29 is 0 Å². The Morgan fingerprint density at radius 2 is 1.33 bits per heavy atom. The van der Waals surface area contributed by atoms with Gasteiger partial charge in [-0.15, -0.1) is 0 Å². The van der Waals surface area contributed by atoms with Gasteiger partial charge in [-0.3, -0.25) is 10.8 Å². The Labute approximate surface area is 36.5 Å². The fraction of sp³-hybridized carbons (Fsp3) is 0. The maximum atomic E-state index is 6.25. The van der Waals surface area contributed by atoms with Gasteiger partial charge in [0.1, 0.15) is 0 Å². The molecule has 0 aliphatic rings. The summed E-state index contributed by atoms with van der Waals surface area (Å²) in [6, 6.07) is 0. The second-order valence-corrected chi connectivity index (χ2v) is 0.622. The minimum absolute atomic E-state index is 1.30. The maximum absolute atomic E-state index is 6.25. The minimum atomic E-state index is 1.30. The SMILES string of the molecule is N=[C]/C=C\[C]=N. The van der Waals surface area contributed by atoms with Crippen LogP contribution >= 0.6 is 0 Å². The minimum Gasteiger partial charge on any atom is -0.299 e. The van der Waals surface area contributed by atoms with Gasteiger partial charge in [-0.05, 0) is 12.2 Å². The lowest BCUT2D eigenvalue weighted by Gasteiger charge is -1.55. The van der Waals surface area contributed by atoms with Gasteiger partial charge in [-0.25, -0.2) is 0 Å². The number of allylic oxidation sites excluding steroid dienone is 2. The van der Waals surface area contributed by atoms with Crippen LogP contribution in [0.5, 0.6) is 0 Å². The van der Waals surface area contributed by atoms with E-state index >= 15 is 0 Å². The molecule has 2 radical (unpaired) electrons. The van der Waals surface area contributed by atoms with Crippen molar-refractivity contribution in [1.29, 1.82) is 10.8 Å². The standard InChI is InChI=1S/C4H4N2/c5-3-1-2-4-6/h1-2,5-6H/b2-1-,5-3?,6-4?. The number of hydrogen-bond donors (Lipinski definition) is 2. The first-order chi connectivity index (χ1) is 2.91. The van der Waals surface area contributed by atoms with Crippen LogP contribution in [0, 0.1) is 10.8 Å². The molecule has 0 spiro atoms. The third-order valence-electron chi connectivity index (χ3n) is 0.250. The molecule has 0 aliphatic carbocycles. The summed E-state index contributed by atoms with van der Waals surface area (Å²) in [6.45, 7) is 0. The monoisotopic (exact) mass is 80.0 g/mol. The molecule has 2 heteroatoms. The smallest absolute Gasteiger partial charge is 0.0790 e. The highest BCUT2D eigenvalue weighted by molar-refractivity contribution is 5.78. The van der Waals surface area contributed by atoms with Gasteiger partial charge in [0.2, 0.25) is 0 Å². The highest BCUT2D eigenvalue weighted by Crippen LogP contribution is 1.54. The predicted molar refractivity (Wildman–Crippen MR) is 24.6 cm³/mol. The highest BCUT2D eigenvalue weighted by Gasteiger charge is 1.53. The van der Waals surface area contributed by atoms with E-state index in [4.69, 9.17) is 10.8 Å². The largest absolute Gasteiger partial charge is 0.299 e. The molecular formula is C4H4N2. The lowest BCUT2D eigenvalue weighted by Crippen LogP contribution is -1.57. The van der Waals surface area contributed by atoms with Crippen molar-refractivity contribution in [3.63, 3.8) is 0 Å². The summed E-state index contributed by atoms with van der Waals surface area (Å²) in [6.07, 6.45) is 6.51. The zero-order chi connectivity index (χ0) is 4.83. The molecule has 0 atom stereocenters. The van der Waals surface area contributed by atoms with Gasteiger partial charge in [-0.2, -0.15) is 0 Å². The van der Waals surface area contributed by atoms with Gasteiger partial charge in [0, 0.05) is 0 Å². The molecule has 0 aromatic heterocycles. The van der Waals surface area contributed by atoms with Crippen molar-refractivity contribution in [2.75, 3.05) is 0 Å². The summed E-state index contributed by atoms with van der Waals surface area (Å²) in [4.78, 5) is 0. The molecule has 0 aromatic rings. The Morgan fingerprint density at radius 3 is 1.50 bits per heavy atom. The number of nitrogens with one attached hydrogen (secondary N) is 2. The molecule has 6 heavy (non-hydrogen) atoms. The molecule has 0 aromatic carbocycles. The molecular weight excluding hydrogens is 76.1 g/mol. The van der Waals surface area contributed by atoms with Crippen LogP contribution in [0.2, 0.25) is 0 Å². The van der Waals surface area contributed by atoms with Gasteiger partial charge in [-0.1, -0.05) is 0 Å². The summed E-state index contributed by atoms with van der Waals surface area (Å²) in [5, 5.41) is 12.5. The Morgan fingerprint density at radius 1 is 1.00 bits per heavy atom. The van der Waals surface area contributed by atoms with Crippen LogP contribution in [-0.4, -0.2) is 12.4 Å². The van der Waals surface area contributed by atoms with E-state index in [0.717, 1.165) is 0 Å². The highest BCUT2D eigenvalue weighted by atomic mass is 14.3. The van der Waals surface area contributed by atoms with Gasteiger partial charge in [0.05, 0.1) is 12.4 Å². The molecule has 0 rings (SSSR count). The van der Waals surface area contributed by atoms with Gasteiger partial charge in [0.15, 0.2) is 0 Å². The second kappa shape index (κ2) is 4.08. The number of rotatable bonds is 2. The quantitative estimate of drug-likeness (QED) is 0.456. The third-order valence-corrected chi connectivity index (χ3v) is 0.250. The van der Waals surface area contributed by atoms with Crippen molar-refractivity contribution >= 4 is 12.4 Å². The van der Waals surface area contributed by atoms with E-state index in [9.17, 15) is 0 Å². The van der Waals surface area contributed by atoms with Crippen LogP contribution in [0.3, 0.4) is 0 Å². The molecule has 30 valence electrons. The normalized spacial score (nSPS) is 8.67. The van der Waals surface area contributed by atoms with Crippen LogP contribution in [0.15, 0.2) is 12.2 Å². The molecule has 0 bridgehead atoms. The summed E-state index contributed by atoms with van der Waals surface area (Å²) in [5.74, 6) is 0. The van der Waals surface area contributed by atoms with E-state index in [1.807, 2.05) is 12.4 Å². The summed E-state index contributed by atoms with van der Waals surface area (Å²) >= 11 is 0. The molecule has 0 fully saturated rings. The molecule has 0 amide bonds. The van der Waals surface area contributed by atoms with Gasteiger partial charge < -0.3 is 0 Å². The Balaban J connectivity index is 3.17. The van der Waals surface area contributed by atoms with Crippen molar-refractivity contribution in [2.45, 2.75) is 0 Å². The average molecular weight is 80.1 g/mol. The van der Waals surface area contributed by atoms with Gasteiger partial charge >= 0.3 is 0 Å². The summed E-state index contributed by atoms with van der Waals surface area (Å²) < 4.78 is 0.